The summed E-state index contributed by atoms with van der Waals surface area (Å²) in [6.07, 6.45) is -0.950. The van der Waals surface area contributed by atoms with Gasteiger partial charge in [-0.1, -0.05) is 11.6 Å². The Bertz CT molecular complexity index is 606. The van der Waals surface area contributed by atoms with Crippen LogP contribution in [0.5, 0.6) is 0 Å². The number of halogens is 4. The van der Waals surface area contributed by atoms with Crippen molar-refractivity contribution in [3.8, 4) is 6.07 Å². The first-order chi connectivity index (χ1) is 8.82. The predicted octanol–water partition coefficient (Wildman–Crippen LogP) is 2.58. The molecule has 0 saturated carbocycles. The molecule has 0 atom stereocenters. The Labute approximate surface area is 111 Å². The van der Waals surface area contributed by atoms with Gasteiger partial charge in [0.05, 0.1) is 34.6 Å². The van der Waals surface area contributed by atoms with Crippen LogP contribution in [0.4, 0.5) is 13.2 Å². The maximum absolute atomic E-state index is 12.7. The van der Waals surface area contributed by atoms with E-state index in [9.17, 15) is 13.2 Å². The standard InChI is InChI=1S/C11H8ClF3N4/c1-7-8(3-16)4-17-19(7)18-5-9(11(13,14)15)2-10(12)6-18/h2,4,6H,5H2,1H3. The molecule has 0 saturated heterocycles. The topological polar surface area (TPSA) is 44.9 Å². The summed E-state index contributed by atoms with van der Waals surface area (Å²) >= 11 is 5.69. The summed E-state index contributed by atoms with van der Waals surface area (Å²) in [5, 5.41) is 13.9. The molecule has 19 heavy (non-hydrogen) atoms. The monoisotopic (exact) mass is 288 g/mol. The Hall–Kier alpha value is -1.94. The van der Waals surface area contributed by atoms with Gasteiger partial charge in [-0.05, 0) is 13.0 Å². The summed E-state index contributed by atoms with van der Waals surface area (Å²) in [5.41, 5.74) is -0.0207. The third kappa shape index (κ3) is 2.58. The molecule has 0 spiro atoms. The Morgan fingerprint density at radius 2 is 2.16 bits per heavy atom. The normalized spacial score (nSPS) is 15.9. The highest BCUT2D eigenvalue weighted by Gasteiger charge is 2.36. The first kappa shape index (κ1) is 13.5. The molecule has 1 aliphatic heterocycles. The van der Waals surface area contributed by atoms with Gasteiger partial charge in [0.25, 0.3) is 0 Å². The van der Waals surface area contributed by atoms with Crippen LogP contribution < -0.4 is 5.01 Å². The second-order valence-electron chi connectivity index (χ2n) is 3.92. The minimum atomic E-state index is -4.45. The minimum absolute atomic E-state index is 0.0491. The zero-order valence-corrected chi connectivity index (χ0v) is 10.5. The van der Waals surface area contributed by atoms with E-state index in [-0.39, 0.29) is 5.03 Å². The lowest BCUT2D eigenvalue weighted by Crippen LogP contribution is -2.38. The quantitative estimate of drug-likeness (QED) is 0.798. The lowest BCUT2D eigenvalue weighted by Gasteiger charge is -2.27. The molecule has 0 amide bonds. The molecular formula is C11H8ClF3N4. The highest BCUT2D eigenvalue weighted by atomic mass is 35.5. The number of nitriles is 1. The second-order valence-corrected chi connectivity index (χ2v) is 4.36. The van der Waals surface area contributed by atoms with Crippen molar-refractivity contribution < 1.29 is 13.2 Å². The zero-order chi connectivity index (χ0) is 14.2. The molecule has 0 unspecified atom stereocenters. The molecule has 1 aliphatic rings. The molecule has 0 aliphatic carbocycles. The molecule has 0 bridgehead atoms. The Balaban J connectivity index is 2.36. The van der Waals surface area contributed by atoms with E-state index in [1.165, 1.54) is 22.2 Å². The maximum Gasteiger partial charge on any atom is 0.414 e. The van der Waals surface area contributed by atoms with Crippen molar-refractivity contribution in [2.24, 2.45) is 0 Å². The average Bonchev–Trinajstić information content (AvgIpc) is 2.68. The van der Waals surface area contributed by atoms with Gasteiger partial charge in [-0.25, -0.2) is 0 Å². The van der Waals surface area contributed by atoms with Crippen molar-refractivity contribution in [1.29, 1.82) is 5.26 Å². The third-order valence-electron chi connectivity index (χ3n) is 2.63. The molecule has 0 N–H and O–H groups in total. The predicted molar refractivity (Wildman–Crippen MR) is 62.8 cm³/mol. The average molecular weight is 289 g/mol. The number of rotatable bonds is 1. The van der Waals surface area contributed by atoms with Crippen molar-refractivity contribution in [2.45, 2.75) is 13.1 Å². The Morgan fingerprint density at radius 3 is 2.68 bits per heavy atom. The largest absolute Gasteiger partial charge is 0.414 e. The van der Waals surface area contributed by atoms with Crippen molar-refractivity contribution in [2.75, 3.05) is 11.6 Å². The van der Waals surface area contributed by atoms with E-state index in [0.717, 1.165) is 6.08 Å². The molecule has 100 valence electrons. The van der Waals surface area contributed by atoms with Crippen LogP contribution in [0.3, 0.4) is 0 Å². The van der Waals surface area contributed by atoms with Gasteiger partial charge < -0.3 is 0 Å². The van der Waals surface area contributed by atoms with Crippen LogP contribution in [-0.2, 0) is 0 Å². The lowest BCUT2D eigenvalue weighted by molar-refractivity contribution is -0.0927. The van der Waals surface area contributed by atoms with Crippen LogP contribution in [0.15, 0.2) is 29.1 Å². The summed E-state index contributed by atoms with van der Waals surface area (Å²) in [6, 6.07) is 1.91. The SMILES string of the molecule is Cc1c(C#N)cnn1N1C=C(Cl)C=C(C(F)(F)F)C1. The lowest BCUT2D eigenvalue weighted by atomic mass is 10.2. The van der Waals surface area contributed by atoms with Gasteiger partial charge in [-0.3, -0.25) is 5.01 Å². The summed E-state index contributed by atoms with van der Waals surface area (Å²) in [6.45, 7) is 1.19. The zero-order valence-electron chi connectivity index (χ0n) is 9.74. The first-order valence-electron chi connectivity index (χ1n) is 5.19. The fourth-order valence-electron chi connectivity index (χ4n) is 1.67. The Morgan fingerprint density at radius 1 is 1.47 bits per heavy atom. The first-order valence-corrected chi connectivity index (χ1v) is 5.57. The highest BCUT2D eigenvalue weighted by molar-refractivity contribution is 6.31. The van der Waals surface area contributed by atoms with Crippen LogP contribution >= 0.6 is 11.6 Å². The molecule has 0 radical (unpaired) electrons. The van der Waals surface area contributed by atoms with E-state index >= 15 is 0 Å². The van der Waals surface area contributed by atoms with Crippen molar-refractivity contribution in [3.05, 3.63) is 40.3 Å². The molecule has 0 fully saturated rings. The van der Waals surface area contributed by atoms with E-state index in [0.29, 0.717) is 11.3 Å². The summed E-state index contributed by atoms with van der Waals surface area (Å²) in [7, 11) is 0. The van der Waals surface area contributed by atoms with E-state index in [4.69, 9.17) is 16.9 Å². The van der Waals surface area contributed by atoms with Gasteiger partial charge in [-0.2, -0.15) is 28.3 Å². The molecule has 1 aromatic rings. The number of hydrogen-bond donors (Lipinski definition) is 0. The van der Waals surface area contributed by atoms with Gasteiger partial charge in [0.1, 0.15) is 6.07 Å². The van der Waals surface area contributed by atoms with Crippen LogP contribution in [0, 0.1) is 18.3 Å². The number of alkyl halides is 3. The van der Waals surface area contributed by atoms with Crippen LogP contribution in [0.25, 0.3) is 0 Å². The highest BCUT2D eigenvalue weighted by Crippen LogP contribution is 2.30. The van der Waals surface area contributed by atoms with E-state index in [1.807, 2.05) is 6.07 Å². The molecular weight excluding hydrogens is 281 g/mol. The number of hydrogen-bond acceptors (Lipinski definition) is 3. The van der Waals surface area contributed by atoms with E-state index in [1.54, 1.807) is 6.92 Å². The smallest absolute Gasteiger partial charge is 0.267 e. The van der Waals surface area contributed by atoms with Gasteiger partial charge in [0.15, 0.2) is 0 Å². The number of nitrogens with zero attached hydrogens (tertiary/aromatic N) is 4. The van der Waals surface area contributed by atoms with Gasteiger partial charge >= 0.3 is 6.18 Å². The fraction of sp³-hybridized carbons (Fsp3) is 0.273. The summed E-state index contributed by atoms with van der Waals surface area (Å²) in [4.78, 5) is 1.22. The van der Waals surface area contributed by atoms with Gasteiger partial charge in [-0.15, -0.1) is 0 Å². The third-order valence-corrected chi connectivity index (χ3v) is 2.84. The second kappa shape index (κ2) is 4.63. The van der Waals surface area contributed by atoms with Crippen molar-refractivity contribution >= 4 is 11.6 Å². The summed E-state index contributed by atoms with van der Waals surface area (Å²) < 4.78 is 38.1. The Kier molecular flexibility index (Phi) is 3.28. The molecule has 4 nitrogen and oxygen atoms in total. The van der Waals surface area contributed by atoms with E-state index in [2.05, 4.69) is 5.10 Å². The number of allylic oxidation sites excluding steroid dienone is 2. The number of aromatic nitrogens is 2. The van der Waals surface area contributed by atoms with E-state index < -0.39 is 18.3 Å². The van der Waals surface area contributed by atoms with Gasteiger partial charge in [0.2, 0.25) is 0 Å². The summed E-state index contributed by atoms with van der Waals surface area (Å²) in [5.74, 6) is 0. The van der Waals surface area contributed by atoms with Crippen molar-refractivity contribution in [1.82, 2.24) is 9.89 Å². The molecule has 2 rings (SSSR count). The molecule has 1 aromatic heterocycles. The van der Waals surface area contributed by atoms with Crippen molar-refractivity contribution in [3.63, 3.8) is 0 Å². The molecule has 2 heterocycles. The molecule has 8 heteroatoms. The minimum Gasteiger partial charge on any atom is -0.267 e. The van der Waals surface area contributed by atoms with Crippen LogP contribution in [-0.4, -0.2) is 22.6 Å². The van der Waals surface area contributed by atoms with Gasteiger partial charge in [0, 0.05) is 6.20 Å². The molecule has 0 aromatic carbocycles. The maximum atomic E-state index is 12.7. The van der Waals surface area contributed by atoms with Crippen LogP contribution in [0.2, 0.25) is 0 Å². The van der Waals surface area contributed by atoms with Crippen LogP contribution in [0.1, 0.15) is 11.3 Å². The fourth-order valence-corrected chi connectivity index (χ4v) is 1.92.